The number of carbonyl (C=O) groups excluding carboxylic acids is 2. The summed E-state index contributed by atoms with van der Waals surface area (Å²) in [5.41, 5.74) is 10.3. The van der Waals surface area contributed by atoms with E-state index in [0.29, 0.717) is 12.8 Å². The number of carbonyl (C=O) groups is 2. The van der Waals surface area contributed by atoms with Gasteiger partial charge in [0.25, 0.3) is 0 Å². The molecule has 2 aromatic rings. The third kappa shape index (κ3) is 3.70. The summed E-state index contributed by atoms with van der Waals surface area (Å²) in [7, 11) is 0. The Balaban J connectivity index is 1.86. The van der Waals surface area contributed by atoms with E-state index in [-0.39, 0.29) is 11.5 Å². The summed E-state index contributed by atoms with van der Waals surface area (Å²) in [5, 5.41) is 12.4. The zero-order chi connectivity index (χ0) is 18.7. The number of phenolic OH excluding ortho intramolecular Hbond substituents is 1. The first-order valence-electron chi connectivity index (χ1n) is 8.61. The smallest absolute Gasteiger partial charge is 0.234 e. The van der Waals surface area contributed by atoms with Gasteiger partial charge in [-0.3, -0.25) is 14.9 Å². The number of amides is 1. The molecule has 0 aromatic heterocycles. The highest BCUT2D eigenvalue weighted by molar-refractivity contribution is 5.92. The van der Waals surface area contributed by atoms with Gasteiger partial charge in [-0.15, -0.1) is 0 Å². The third-order valence-electron chi connectivity index (χ3n) is 4.51. The van der Waals surface area contributed by atoms with Crippen molar-refractivity contribution in [2.24, 2.45) is 11.5 Å². The van der Waals surface area contributed by atoms with E-state index in [9.17, 15) is 14.7 Å². The SMILES string of the molecule is [2H]N[C@@H](Cc1ccc(O)cc1)C(=O)C1NC(C(N)=O)Cc2ccccc21. The van der Waals surface area contributed by atoms with Gasteiger partial charge in [0.05, 0.1) is 18.1 Å². The highest BCUT2D eigenvalue weighted by Gasteiger charge is 2.35. The van der Waals surface area contributed by atoms with Crippen molar-refractivity contribution in [3.05, 3.63) is 65.2 Å². The number of nitrogens with one attached hydrogen (secondary N) is 1. The molecule has 1 aliphatic heterocycles. The lowest BCUT2D eigenvalue weighted by Gasteiger charge is -2.32. The zero-order valence-corrected chi connectivity index (χ0v) is 13.6. The summed E-state index contributed by atoms with van der Waals surface area (Å²) in [5.74, 6) is -0.597. The topological polar surface area (TPSA) is 118 Å². The molecule has 0 bridgehead atoms. The van der Waals surface area contributed by atoms with Crippen LogP contribution in [0.5, 0.6) is 5.75 Å². The number of hydrogen-bond donors (Lipinski definition) is 4. The highest BCUT2D eigenvalue weighted by Crippen LogP contribution is 2.27. The van der Waals surface area contributed by atoms with Gasteiger partial charge in [-0.25, -0.2) is 0 Å². The molecule has 1 aliphatic rings. The average molecular weight is 340 g/mol. The van der Waals surface area contributed by atoms with E-state index in [4.69, 9.17) is 7.15 Å². The number of ketones is 1. The van der Waals surface area contributed by atoms with Crippen molar-refractivity contribution in [2.75, 3.05) is 0 Å². The minimum Gasteiger partial charge on any atom is -0.508 e. The summed E-state index contributed by atoms with van der Waals surface area (Å²) in [4.78, 5) is 24.8. The number of nitrogens with two attached hydrogens (primary N) is 2. The molecule has 1 amide bonds. The van der Waals surface area contributed by atoms with Gasteiger partial charge in [-0.1, -0.05) is 36.4 Å². The number of benzene rings is 2. The molecule has 2 aromatic carbocycles. The molecular weight excluding hydrogens is 318 g/mol. The summed E-state index contributed by atoms with van der Waals surface area (Å²) in [6.07, 6.45) is 0.733. The fourth-order valence-electron chi connectivity index (χ4n) is 3.16. The Morgan fingerprint density at radius 3 is 2.64 bits per heavy atom. The van der Waals surface area contributed by atoms with Crippen molar-refractivity contribution in [3.63, 3.8) is 0 Å². The minimum atomic E-state index is -0.767. The molecule has 0 fully saturated rings. The maximum absolute atomic E-state index is 13.1. The van der Waals surface area contributed by atoms with E-state index < -0.39 is 24.0 Å². The van der Waals surface area contributed by atoms with Crippen molar-refractivity contribution in [2.45, 2.75) is 31.0 Å². The molecule has 0 radical (unpaired) electrons. The molecular formula is C19H21N3O3. The van der Waals surface area contributed by atoms with Crippen molar-refractivity contribution < 1.29 is 16.1 Å². The van der Waals surface area contributed by atoms with Crippen LogP contribution < -0.4 is 16.8 Å². The lowest BCUT2D eigenvalue weighted by atomic mass is 9.85. The Hall–Kier alpha value is -2.70. The van der Waals surface area contributed by atoms with E-state index in [1.165, 1.54) is 12.1 Å². The monoisotopic (exact) mass is 340 g/mol. The van der Waals surface area contributed by atoms with E-state index in [0.717, 1.165) is 16.7 Å². The van der Waals surface area contributed by atoms with Crippen molar-refractivity contribution in [3.8, 4) is 5.75 Å². The van der Waals surface area contributed by atoms with Gasteiger partial charge >= 0.3 is 0 Å². The number of fused-ring (bicyclic) bond motifs is 1. The lowest BCUT2D eigenvalue weighted by Crippen LogP contribution is -2.52. The van der Waals surface area contributed by atoms with Crippen LogP contribution in [-0.2, 0) is 22.4 Å². The van der Waals surface area contributed by atoms with E-state index in [1.54, 1.807) is 12.1 Å². The highest BCUT2D eigenvalue weighted by atomic mass is 16.3. The second kappa shape index (κ2) is 7.04. The summed E-state index contributed by atoms with van der Waals surface area (Å²) >= 11 is 0. The number of Topliss-reactive ketones (excluding diaryl/α,β-unsaturated/α-hetero) is 1. The fraction of sp³-hybridized carbons (Fsp3) is 0.263. The molecule has 0 spiro atoms. The number of hydrogen-bond acceptors (Lipinski definition) is 5. The second-order valence-corrected chi connectivity index (χ2v) is 6.28. The lowest BCUT2D eigenvalue weighted by molar-refractivity contribution is -0.124. The van der Waals surface area contributed by atoms with Gasteiger partial charge < -0.3 is 16.6 Å². The maximum Gasteiger partial charge on any atom is 0.234 e. The van der Waals surface area contributed by atoms with Crippen molar-refractivity contribution in [1.82, 2.24) is 5.32 Å². The van der Waals surface area contributed by atoms with Crippen LogP contribution in [-0.4, -0.2) is 28.9 Å². The van der Waals surface area contributed by atoms with Gasteiger partial charge in [0.2, 0.25) is 5.91 Å². The van der Waals surface area contributed by atoms with E-state index >= 15 is 0 Å². The largest absolute Gasteiger partial charge is 0.508 e. The molecule has 3 atom stereocenters. The molecule has 25 heavy (non-hydrogen) atoms. The minimum absolute atomic E-state index is 0.141. The normalized spacial score (nSPS) is 21.0. The Bertz CT molecular complexity index is 810. The van der Waals surface area contributed by atoms with E-state index in [2.05, 4.69) is 11.0 Å². The molecule has 0 aliphatic carbocycles. The third-order valence-corrected chi connectivity index (χ3v) is 4.51. The Labute approximate surface area is 147 Å². The van der Waals surface area contributed by atoms with Gasteiger partial charge in [0.15, 0.2) is 5.78 Å². The van der Waals surface area contributed by atoms with Crippen molar-refractivity contribution >= 4 is 11.7 Å². The molecule has 0 saturated heterocycles. The number of primary amides is 1. The summed E-state index contributed by atoms with van der Waals surface area (Å²) in [6.45, 7) is 0. The second-order valence-electron chi connectivity index (χ2n) is 6.28. The standard InChI is InChI=1S/C19H21N3O3/c20-15(9-11-5-7-13(23)8-6-11)18(24)17-14-4-2-1-3-12(14)10-16(22-17)19(21)25/h1-8,15-17,22-23H,9-10,20H2,(H2,21,25)/t15-,16?,17?/m0/s1/i/hD. The van der Waals surface area contributed by atoms with Crippen LogP contribution in [0.25, 0.3) is 0 Å². The first-order chi connectivity index (χ1) is 12.5. The predicted molar refractivity (Wildman–Crippen MR) is 93.8 cm³/mol. The van der Waals surface area contributed by atoms with E-state index in [1.807, 2.05) is 24.3 Å². The molecule has 6 heteroatoms. The van der Waals surface area contributed by atoms with Crippen LogP contribution in [0, 0.1) is 0 Å². The summed E-state index contributed by atoms with van der Waals surface area (Å²) in [6, 6.07) is 11.8. The van der Waals surface area contributed by atoms with Crippen molar-refractivity contribution in [1.29, 1.82) is 0 Å². The van der Waals surface area contributed by atoms with Crippen LogP contribution in [0.3, 0.4) is 0 Å². The molecule has 0 saturated carbocycles. The number of rotatable bonds is 6. The molecule has 1 heterocycles. The molecule has 3 rings (SSSR count). The van der Waals surface area contributed by atoms with Gasteiger partial charge in [0.1, 0.15) is 7.16 Å². The Morgan fingerprint density at radius 2 is 1.96 bits per heavy atom. The van der Waals surface area contributed by atoms with Crippen LogP contribution >= 0.6 is 0 Å². The zero-order valence-electron chi connectivity index (χ0n) is 14.6. The first-order valence-corrected chi connectivity index (χ1v) is 8.11. The Morgan fingerprint density at radius 1 is 1.24 bits per heavy atom. The molecule has 6 nitrogen and oxygen atoms in total. The Kier molecular flexibility index (Phi) is 4.45. The van der Waals surface area contributed by atoms with Crippen LogP contribution in [0.1, 0.15) is 22.7 Å². The first kappa shape index (κ1) is 15.8. The van der Waals surface area contributed by atoms with Gasteiger partial charge in [-0.05, 0) is 41.7 Å². The quantitative estimate of drug-likeness (QED) is 0.613. The summed E-state index contributed by atoms with van der Waals surface area (Å²) < 4.78 is 7.58. The van der Waals surface area contributed by atoms with Gasteiger partial charge in [0, 0.05) is 0 Å². The van der Waals surface area contributed by atoms with Crippen LogP contribution in [0.15, 0.2) is 48.5 Å². The molecule has 6 N–H and O–H groups in total. The molecule has 2 unspecified atom stereocenters. The van der Waals surface area contributed by atoms with Crippen LogP contribution in [0.2, 0.25) is 1.41 Å². The van der Waals surface area contributed by atoms with Gasteiger partial charge in [-0.2, -0.15) is 0 Å². The number of aromatic hydroxyl groups is 1. The predicted octanol–water partition coefficient (Wildman–Crippen LogP) is 0.572. The fourth-order valence-corrected chi connectivity index (χ4v) is 3.16. The average Bonchev–Trinajstić information content (AvgIpc) is 2.66. The molecule has 130 valence electrons. The van der Waals surface area contributed by atoms with Crippen LogP contribution in [0.4, 0.5) is 0 Å². The maximum atomic E-state index is 13.1. The number of phenols is 1.